The standard InChI is InChI=1S/C20H35NO8/c1-2-3-24-4-5-25-6-7-26-8-9-27-10-11-28-12-13-29-20-14-18(16-22)21-19(15-20)17-23/h14-15,22-23H,2-13,16-17H2,1H3. The highest BCUT2D eigenvalue weighted by Crippen LogP contribution is 2.14. The summed E-state index contributed by atoms with van der Waals surface area (Å²) in [7, 11) is 0. The number of nitrogens with zero attached hydrogens (tertiary/aromatic N) is 1. The fourth-order valence-electron chi connectivity index (χ4n) is 2.21. The van der Waals surface area contributed by atoms with Gasteiger partial charge in [0.15, 0.2) is 0 Å². The average molecular weight is 417 g/mol. The van der Waals surface area contributed by atoms with Gasteiger partial charge in [0, 0.05) is 18.7 Å². The summed E-state index contributed by atoms with van der Waals surface area (Å²) in [6.07, 6.45) is 1.02. The Labute approximate surface area is 172 Å². The Hall–Kier alpha value is -1.33. The van der Waals surface area contributed by atoms with E-state index in [-0.39, 0.29) is 13.2 Å². The normalized spacial score (nSPS) is 11.1. The van der Waals surface area contributed by atoms with Gasteiger partial charge < -0.3 is 38.6 Å². The van der Waals surface area contributed by atoms with Crippen LogP contribution in [0.25, 0.3) is 0 Å². The number of rotatable bonds is 20. The molecule has 9 nitrogen and oxygen atoms in total. The number of hydrogen-bond donors (Lipinski definition) is 2. The van der Waals surface area contributed by atoms with E-state index in [0.717, 1.165) is 13.0 Å². The minimum Gasteiger partial charge on any atom is -0.491 e. The second kappa shape index (κ2) is 18.7. The van der Waals surface area contributed by atoms with Crippen LogP contribution in [0.15, 0.2) is 12.1 Å². The highest BCUT2D eigenvalue weighted by Gasteiger charge is 2.03. The van der Waals surface area contributed by atoms with E-state index in [4.69, 9.17) is 38.6 Å². The van der Waals surface area contributed by atoms with E-state index in [1.54, 1.807) is 12.1 Å². The lowest BCUT2D eigenvalue weighted by molar-refractivity contribution is -0.0126. The fourth-order valence-corrected chi connectivity index (χ4v) is 2.21. The lowest BCUT2D eigenvalue weighted by Crippen LogP contribution is -2.14. The van der Waals surface area contributed by atoms with Crippen LogP contribution in [0.2, 0.25) is 0 Å². The molecule has 1 aromatic heterocycles. The van der Waals surface area contributed by atoms with Crippen molar-refractivity contribution in [2.75, 3.05) is 72.7 Å². The van der Waals surface area contributed by atoms with Crippen LogP contribution in [0.1, 0.15) is 24.7 Å². The first-order valence-electron chi connectivity index (χ1n) is 10.0. The number of pyridine rings is 1. The predicted molar refractivity (Wildman–Crippen MR) is 106 cm³/mol. The largest absolute Gasteiger partial charge is 0.491 e. The van der Waals surface area contributed by atoms with E-state index >= 15 is 0 Å². The molecule has 2 N–H and O–H groups in total. The summed E-state index contributed by atoms with van der Waals surface area (Å²) in [4.78, 5) is 4.05. The Morgan fingerprint density at radius 1 is 0.621 bits per heavy atom. The van der Waals surface area contributed by atoms with Crippen molar-refractivity contribution >= 4 is 0 Å². The topological polar surface area (TPSA) is 109 Å². The van der Waals surface area contributed by atoms with E-state index < -0.39 is 0 Å². The summed E-state index contributed by atoms with van der Waals surface area (Å²) >= 11 is 0. The van der Waals surface area contributed by atoms with E-state index in [1.807, 2.05) is 0 Å². The second-order valence-corrected chi connectivity index (χ2v) is 6.01. The molecule has 0 radical (unpaired) electrons. The van der Waals surface area contributed by atoms with Crippen LogP contribution >= 0.6 is 0 Å². The molecule has 0 fully saturated rings. The summed E-state index contributed by atoms with van der Waals surface area (Å²) < 4.78 is 32.5. The van der Waals surface area contributed by atoms with Crippen LogP contribution in [-0.2, 0) is 36.9 Å². The van der Waals surface area contributed by atoms with Gasteiger partial charge in [-0.25, -0.2) is 0 Å². The van der Waals surface area contributed by atoms with Crippen molar-refractivity contribution in [2.24, 2.45) is 0 Å². The quantitative estimate of drug-likeness (QED) is 0.300. The fraction of sp³-hybridized carbons (Fsp3) is 0.750. The van der Waals surface area contributed by atoms with Gasteiger partial charge in [0.1, 0.15) is 12.4 Å². The van der Waals surface area contributed by atoms with E-state index in [0.29, 0.717) is 83.2 Å². The maximum absolute atomic E-state index is 9.14. The molecular formula is C20H35NO8. The van der Waals surface area contributed by atoms with Crippen LogP contribution in [0, 0.1) is 0 Å². The molecule has 0 saturated carbocycles. The monoisotopic (exact) mass is 417 g/mol. The molecule has 0 bridgehead atoms. The van der Waals surface area contributed by atoms with Crippen LogP contribution in [0.5, 0.6) is 5.75 Å². The molecule has 0 spiro atoms. The summed E-state index contributed by atoms with van der Waals surface area (Å²) in [5, 5.41) is 18.3. The summed E-state index contributed by atoms with van der Waals surface area (Å²) in [5.74, 6) is 0.544. The van der Waals surface area contributed by atoms with Crippen LogP contribution in [0.4, 0.5) is 0 Å². The second-order valence-electron chi connectivity index (χ2n) is 6.01. The van der Waals surface area contributed by atoms with Crippen LogP contribution in [-0.4, -0.2) is 87.9 Å². The third-order valence-corrected chi connectivity index (χ3v) is 3.56. The summed E-state index contributed by atoms with van der Waals surface area (Å²) in [6, 6.07) is 3.26. The lowest BCUT2D eigenvalue weighted by atomic mass is 10.3. The SMILES string of the molecule is CCCOCCOCCOCCOCCOCCOc1cc(CO)nc(CO)c1. The smallest absolute Gasteiger partial charge is 0.123 e. The number of ether oxygens (including phenoxy) is 6. The highest BCUT2D eigenvalue weighted by atomic mass is 16.6. The summed E-state index contributed by atoms with van der Waals surface area (Å²) in [6.45, 7) is 7.46. The Balaban J connectivity index is 1.86. The van der Waals surface area contributed by atoms with E-state index in [9.17, 15) is 0 Å². The number of aliphatic hydroxyl groups excluding tert-OH is 2. The van der Waals surface area contributed by atoms with Gasteiger partial charge in [0.2, 0.25) is 0 Å². The molecule has 1 rings (SSSR count). The van der Waals surface area contributed by atoms with Crippen molar-refractivity contribution in [3.8, 4) is 5.75 Å². The van der Waals surface area contributed by atoms with Gasteiger partial charge in [-0.1, -0.05) is 6.92 Å². The first kappa shape index (κ1) is 25.7. The molecule has 0 atom stereocenters. The van der Waals surface area contributed by atoms with Crippen molar-refractivity contribution in [3.05, 3.63) is 23.5 Å². The maximum atomic E-state index is 9.14. The average Bonchev–Trinajstić information content (AvgIpc) is 2.75. The van der Waals surface area contributed by atoms with Gasteiger partial charge >= 0.3 is 0 Å². The molecule has 0 aliphatic rings. The first-order chi connectivity index (χ1) is 14.3. The van der Waals surface area contributed by atoms with Crippen molar-refractivity contribution < 1.29 is 38.6 Å². The Morgan fingerprint density at radius 2 is 1.00 bits per heavy atom. The van der Waals surface area contributed by atoms with Crippen LogP contribution in [0.3, 0.4) is 0 Å². The van der Waals surface area contributed by atoms with Gasteiger partial charge in [-0.2, -0.15) is 0 Å². The number of aromatic nitrogens is 1. The van der Waals surface area contributed by atoms with E-state index in [2.05, 4.69) is 11.9 Å². The molecule has 0 aliphatic heterocycles. The minimum absolute atomic E-state index is 0.206. The van der Waals surface area contributed by atoms with Gasteiger partial charge in [0.25, 0.3) is 0 Å². The molecule has 0 aliphatic carbocycles. The molecular weight excluding hydrogens is 382 g/mol. The van der Waals surface area contributed by atoms with Crippen molar-refractivity contribution in [2.45, 2.75) is 26.6 Å². The maximum Gasteiger partial charge on any atom is 0.123 e. The molecule has 168 valence electrons. The zero-order valence-electron chi connectivity index (χ0n) is 17.3. The summed E-state index contributed by atoms with van der Waals surface area (Å²) in [5.41, 5.74) is 0.909. The van der Waals surface area contributed by atoms with Gasteiger partial charge in [-0.15, -0.1) is 0 Å². The molecule has 1 aromatic rings. The third-order valence-electron chi connectivity index (χ3n) is 3.56. The highest BCUT2D eigenvalue weighted by molar-refractivity contribution is 5.26. The van der Waals surface area contributed by atoms with Crippen molar-refractivity contribution in [1.82, 2.24) is 4.98 Å². The third kappa shape index (κ3) is 14.3. The lowest BCUT2D eigenvalue weighted by Gasteiger charge is -2.10. The van der Waals surface area contributed by atoms with Crippen molar-refractivity contribution in [3.63, 3.8) is 0 Å². The molecule has 9 heteroatoms. The van der Waals surface area contributed by atoms with Gasteiger partial charge in [-0.05, 0) is 6.42 Å². The number of aliphatic hydroxyl groups is 2. The van der Waals surface area contributed by atoms with E-state index in [1.165, 1.54) is 0 Å². The molecule has 0 aromatic carbocycles. The Morgan fingerprint density at radius 3 is 1.38 bits per heavy atom. The van der Waals surface area contributed by atoms with Crippen molar-refractivity contribution in [1.29, 1.82) is 0 Å². The number of hydrogen-bond acceptors (Lipinski definition) is 9. The Kier molecular flexibility index (Phi) is 16.6. The predicted octanol–water partition coefficient (Wildman–Crippen LogP) is 0.938. The zero-order chi connectivity index (χ0) is 21.0. The first-order valence-corrected chi connectivity index (χ1v) is 10.0. The van der Waals surface area contributed by atoms with Crippen LogP contribution < -0.4 is 4.74 Å². The molecule has 0 saturated heterocycles. The molecule has 29 heavy (non-hydrogen) atoms. The van der Waals surface area contributed by atoms with Gasteiger partial charge in [-0.3, -0.25) is 4.98 Å². The molecule has 0 unspecified atom stereocenters. The zero-order valence-corrected chi connectivity index (χ0v) is 17.3. The molecule has 0 amide bonds. The minimum atomic E-state index is -0.206. The Bertz CT molecular complexity index is 481. The molecule has 1 heterocycles. The van der Waals surface area contributed by atoms with Gasteiger partial charge in [0.05, 0.1) is 84.1 Å².